The highest BCUT2D eigenvalue weighted by Crippen LogP contribution is 2.14. The van der Waals surface area contributed by atoms with E-state index >= 15 is 0 Å². The number of rotatable bonds is 9. The van der Waals surface area contributed by atoms with E-state index in [9.17, 15) is 14.7 Å². The molecule has 140 valence electrons. The molecule has 1 aromatic rings. The molecule has 7 heteroatoms. The zero-order valence-corrected chi connectivity index (χ0v) is 15.5. The summed E-state index contributed by atoms with van der Waals surface area (Å²) in [7, 11) is 0. The maximum atomic E-state index is 11.5. The quantitative estimate of drug-likeness (QED) is 0.589. The first kappa shape index (κ1) is 20.7. The molecule has 0 fully saturated rings. The van der Waals surface area contributed by atoms with Gasteiger partial charge >= 0.3 is 12.1 Å². The number of nitrogens with one attached hydrogen (secondary N) is 2. The van der Waals surface area contributed by atoms with Crippen LogP contribution in [0.3, 0.4) is 0 Å². The number of carbonyl (C=O) groups is 2. The van der Waals surface area contributed by atoms with Crippen LogP contribution in [0.1, 0.15) is 63.0 Å². The van der Waals surface area contributed by atoms with E-state index in [-0.39, 0.29) is 5.56 Å². The third-order valence-electron chi connectivity index (χ3n) is 3.36. The predicted octanol–water partition coefficient (Wildman–Crippen LogP) is 3.45. The number of unbranched alkanes of at least 4 members (excludes halogenated alkanes) is 2. The van der Waals surface area contributed by atoms with Crippen LogP contribution in [-0.4, -0.2) is 40.8 Å². The van der Waals surface area contributed by atoms with Gasteiger partial charge in [-0.1, -0.05) is 6.92 Å². The third kappa shape index (κ3) is 8.37. The van der Waals surface area contributed by atoms with Gasteiger partial charge in [-0.3, -0.25) is 0 Å². The lowest BCUT2D eigenvalue weighted by atomic mass is 10.2. The summed E-state index contributed by atoms with van der Waals surface area (Å²) >= 11 is 0. The fraction of sp³-hybridized carbons (Fsp3) is 0.611. The second-order valence-corrected chi connectivity index (χ2v) is 6.77. The van der Waals surface area contributed by atoms with E-state index in [4.69, 9.17) is 4.74 Å². The molecule has 3 N–H and O–H groups in total. The van der Waals surface area contributed by atoms with E-state index in [0.29, 0.717) is 18.9 Å². The molecule has 0 saturated carbocycles. The van der Waals surface area contributed by atoms with E-state index in [1.165, 1.54) is 0 Å². The lowest BCUT2D eigenvalue weighted by Crippen LogP contribution is -2.33. The molecule has 1 aromatic heterocycles. The van der Waals surface area contributed by atoms with E-state index in [1.54, 1.807) is 12.1 Å². The highest BCUT2D eigenvalue weighted by Gasteiger charge is 2.15. The number of nitrogens with zero attached hydrogens (tertiary/aromatic N) is 1. The molecule has 0 saturated heterocycles. The van der Waals surface area contributed by atoms with Crippen molar-refractivity contribution in [2.24, 2.45) is 0 Å². The minimum absolute atomic E-state index is 0.184. The summed E-state index contributed by atoms with van der Waals surface area (Å²) in [6, 6.07) is 3.32. The normalized spacial score (nSPS) is 11.0. The Morgan fingerprint density at radius 1 is 1.16 bits per heavy atom. The molecule has 0 aliphatic rings. The second kappa shape index (κ2) is 9.86. The van der Waals surface area contributed by atoms with Gasteiger partial charge in [-0.15, -0.1) is 0 Å². The van der Waals surface area contributed by atoms with Crippen LogP contribution in [0.25, 0.3) is 0 Å². The molecule has 0 bridgehead atoms. The van der Waals surface area contributed by atoms with Crippen LogP contribution >= 0.6 is 0 Å². The number of amides is 1. The maximum Gasteiger partial charge on any atom is 0.407 e. The predicted molar refractivity (Wildman–Crippen MR) is 97.2 cm³/mol. The van der Waals surface area contributed by atoms with Crippen LogP contribution in [0.15, 0.2) is 12.1 Å². The Kier molecular flexibility index (Phi) is 8.18. The number of aromatic nitrogens is 1. The van der Waals surface area contributed by atoms with Crippen molar-refractivity contribution in [1.82, 2.24) is 10.3 Å². The van der Waals surface area contributed by atoms with Gasteiger partial charge in [0.2, 0.25) is 0 Å². The molecule has 0 aliphatic heterocycles. The van der Waals surface area contributed by atoms with Crippen molar-refractivity contribution in [3.63, 3.8) is 0 Å². The Balaban J connectivity index is 2.28. The number of aryl methyl sites for hydroxylation is 1. The van der Waals surface area contributed by atoms with Crippen molar-refractivity contribution >= 4 is 17.9 Å². The van der Waals surface area contributed by atoms with Gasteiger partial charge in [0, 0.05) is 18.8 Å². The zero-order valence-electron chi connectivity index (χ0n) is 15.5. The average Bonchev–Trinajstić information content (AvgIpc) is 2.51. The highest BCUT2D eigenvalue weighted by molar-refractivity contribution is 5.93. The molecule has 0 spiro atoms. The van der Waals surface area contributed by atoms with Gasteiger partial charge in [0.15, 0.2) is 0 Å². The molecule has 0 unspecified atom stereocenters. The molecular formula is C18H29N3O4. The van der Waals surface area contributed by atoms with E-state index < -0.39 is 17.7 Å². The average molecular weight is 351 g/mol. The van der Waals surface area contributed by atoms with Crippen molar-refractivity contribution in [3.05, 3.63) is 23.4 Å². The fourth-order valence-corrected chi connectivity index (χ4v) is 2.14. The molecule has 0 aliphatic carbocycles. The van der Waals surface area contributed by atoms with Gasteiger partial charge in [0.1, 0.15) is 17.0 Å². The lowest BCUT2D eigenvalue weighted by Gasteiger charge is -2.19. The molecular weight excluding hydrogens is 322 g/mol. The number of hydrogen-bond donors (Lipinski definition) is 3. The standard InChI is InChI=1S/C18H29N3O4/c1-5-13-9-10-14(16(22)23)15(21-13)19-11-7-6-8-12-20-17(24)25-18(2,3)4/h9-10H,5-8,11-12H2,1-4H3,(H,19,21)(H,20,24)(H,22,23). The van der Waals surface area contributed by atoms with E-state index in [1.807, 2.05) is 27.7 Å². The molecule has 0 aromatic carbocycles. The van der Waals surface area contributed by atoms with Gasteiger partial charge < -0.3 is 20.5 Å². The SMILES string of the molecule is CCc1ccc(C(=O)O)c(NCCCCCNC(=O)OC(C)(C)C)n1. The van der Waals surface area contributed by atoms with Gasteiger partial charge in [-0.2, -0.15) is 0 Å². The zero-order chi connectivity index (χ0) is 18.9. The van der Waals surface area contributed by atoms with Crippen molar-refractivity contribution in [2.75, 3.05) is 18.4 Å². The highest BCUT2D eigenvalue weighted by atomic mass is 16.6. The monoisotopic (exact) mass is 351 g/mol. The summed E-state index contributed by atoms with van der Waals surface area (Å²) in [6.45, 7) is 8.64. The Bertz CT molecular complexity index is 582. The van der Waals surface area contributed by atoms with Crippen molar-refractivity contribution in [2.45, 2.75) is 59.0 Å². The first-order valence-corrected chi connectivity index (χ1v) is 8.67. The number of alkyl carbamates (subject to hydrolysis) is 1. The van der Waals surface area contributed by atoms with Gasteiger partial charge in [-0.05, 0) is 58.6 Å². The van der Waals surface area contributed by atoms with Crippen LogP contribution in [0.5, 0.6) is 0 Å². The molecule has 1 amide bonds. The second-order valence-electron chi connectivity index (χ2n) is 6.77. The van der Waals surface area contributed by atoms with Crippen molar-refractivity contribution in [1.29, 1.82) is 0 Å². The van der Waals surface area contributed by atoms with Gasteiger partial charge in [0.25, 0.3) is 0 Å². The summed E-state index contributed by atoms with van der Waals surface area (Å²) in [5, 5.41) is 15.0. The largest absolute Gasteiger partial charge is 0.478 e. The Morgan fingerprint density at radius 3 is 2.44 bits per heavy atom. The lowest BCUT2D eigenvalue weighted by molar-refractivity contribution is 0.0526. The summed E-state index contributed by atoms with van der Waals surface area (Å²) < 4.78 is 5.15. The summed E-state index contributed by atoms with van der Waals surface area (Å²) in [5.74, 6) is -0.571. The molecule has 1 rings (SSSR count). The maximum absolute atomic E-state index is 11.5. The first-order chi connectivity index (χ1) is 11.7. The fourth-order valence-electron chi connectivity index (χ4n) is 2.14. The number of hydrogen-bond acceptors (Lipinski definition) is 5. The molecule has 1 heterocycles. The Labute approximate surface area is 149 Å². The van der Waals surface area contributed by atoms with Crippen LogP contribution < -0.4 is 10.6 Å². The minimum Gasteiger partial charge on any atom is -0.478 e. The Hall–Kier alpha value is -2.31. The minimum atomic E-state index is -0.987. The van der Waals surface area contributed by atoms with E-state index in [2.05, 4.69) is 15.6 Å². The number of carbonyl (C=O) groups excluding carboxylic acids is 1. The number of carboxylic acid groups (broad SMARTS) is 1. The number of carboxylic acids is 1. The van der Waals surface area contributed by atoms with Crippen LogP contribution in [0.4, 0.5) is 10.6 Å². The molecule has 7 nitrogen and oxygen atoms in total. The van der Waals surface area contributed by atoms with Crippen molar-refractivity contribution in [3.8, 4) is 0 Å². The number of ether oxygens (including phenoxy) is 1. The van der Waals surface area contributed by atoms with Crippen LogP contribution in [0, 0.1) is 0 Å². The smallest absolute Gasteiger partial charge is 0.407 e. The topological polar surface area (TPSA) is 101 Å². The van der Waals surface area contributed by atoms with E-state index in [0.717, 1.165) is 31.4 Å². The number of aromatic carboxylic acids is 1. The number of pyridine rings is 1. The Morgan fingerprint density at radius 2 is 1.84 bits per heavy atom. The molecule has 0 radical (unpaired) electrons. The van der Waals surface area contributed by atoms with Crippen LogP contribution in [-0.2, 0) is 11.2 Å². The number of anilines is 1. The summed E-state index contributed by atoms with van der Waals surface area (Å²) in [5.41, 5.74) is 0.549. The summed E-state index contributed by atoms with van der Waals surface area (Å²) in [6.07, 6.45) is 2.93. The molecule has 0 atom stereocenters. The summed E-state index contributed by atoms with van der Waals surface area (Å²) in [4.78, 5) is 27.0. The van der Waals surface area contributed by atoms with Gasteiger partial charge in [0.05, 0.1) is 0 Å². The first-order valence-electron chi connectivity index (χ1n) is 8.67. The van der Waals surface area contributed by atoms with Gasteiger partial charge in [-0.25, -0.2) is 14.6 Å². The molecule has 25 heavy (non-hydrogen) atoms. The third-order valence-corrected chi connectivity index (χ3v) is 3.36. The van der Waals surface area contributed by atoms with Crippen molar-refractivity contribution < 1.29 is 19.4 Å². The van der Waals surface area contributed by atoms with Crippen LogP contribution in [0.2, 0.25) is 0 Å².